The molecule has 0 unspecified atom stereocenters. The quantitative estimate of drug-likeness (QED) is 0.747. The highest BCUT2D eigenvalue weighted by Crippen LogP contribution is 2.31. The Balaban J connectivity index is 2.52. The summed E-state index contributed by atoms with van der Waals surface area (Å²) in [4.78, 5) is 11.7. The predicted molar refractivity (Wildman–Crippen MR) is 77.8 cm³/mol. The molecule has 2 aromatic carbocycles. The van der Waals surface area contributed by atoms with E-state index in [1.165, 1.54) is 12.1 Å². The number of rotatable bonds is 3. The van der Waals surface area contributed by atoms with Gasteiger partial charge in [0.25, 0.3) is 0 Å². The molecule has 0 N–H and O–H groups in total. The van der Waals surface area contributed by atoms with Crippen LogP contribution >= 0.6 is 23.2 Å². The minimum atomic E-state index is -0.577. The molecule has 20 heavy (non-hydrogen) atoms. The Hall–Kier alpha value is -1.58. The first-order valence-electron chi connectivity index (χ1n) is 5.94. The third kappa shape index (κ3) is 3.30. The van der Waals surface area contributed by atoms with Crippen LogP contribution in [0.4, 0.5) is 4.39 Å². The minimum absolute atomic E-state index is 0.137. The van der Waals surface area contributed by atoms with Gasteiger partial charge in [-0.1, -0.05) is 23.2 Å². The van der Waals surface area contributed by atoms with Crippen LogP contribution < -0.4 is 0 Å². The average molecular weight is 313 g/mol. The largest absolute Gasteiger partial charge is 0.462 e. The third-order valence-corrected chi connectivity index (χ3v) is 3.21. The lowest BCUT2D eigenvalue weighted by atomic mass is 10.0. The molecule has 0 aliphatic rings. The van der Waals surface area contributed by atoms with Crippen molar-refractivity contribution in [2.24, 2.45) is 0 Å². The molecule has 0 spiro atoms. The Morgan fingerprint density at radius 2 is 1.95 bits per heavy atom. The number of hydrogen-bond acceptors (Lipinski definition) is 2. The van der Waals surface area contributed by atoms with Crippen LogP contribution in [-0.2, 0) is 4.74 Å². The second-order valence-electron chi connectivity index (χ2n) is 4.07. The first kappa shape index (κ1) is 14.8. The lowest BCUT2D eigenvalue weighted by Crippen LogP contribution is -2.05. The standard InChI is InChI=1S/C15H11Cl2FO2/c1-2-20-15(19)10-5-9(6-12(18)7-10)13-8-11(16)3-4-14(13)17/h3-8H,2H2,1H3. The molecule has 0 amide bonds. The lowest BCUT2D eigenvalue weighted by molar-refractivity contribution is 0.0526. The van der Waals surface area contributed by atoms with Crippen LogP contribution in [0.1, 0.15) is 17.3 Å². The van der Waals surface area contributed by atoms with E-state index < -0.39 is 11.8 Å². The monoisotopic (exact) mass is 312 g/mol. The van der Waals surface area contributed by atoms with E-state index in [0.717, 1.165) is 6.07 Å². The maximum absolute atomic E-state index is 13.7. The van der Waals surface area contributed by atoms with Crippen molar-refractivity contribution < 1.29 is 13.9 Å². The van der Waals surface area contributed by atoms with E-state index in [1.54, 1.807) is 25.1 Å². The summed E-state index contributed by atoms with van der Waals surface area (Å²) >= 11 is 12.0. The summed E-state index contributed by atoms with van der Waals surface area (Å²) in [6, 6.07) is 8.82. The Morgan fingerprint density at radius 3 is 2.65 bits per heavy atom. The number of halogens is 3. The number of ether oxygens (including phenoxy) is 1. The van der Waals surface area contributed by atoms with Crippen molar-refractivity contribution in [2.75, 3.05) is 6.61 Å². The van der Waals surface area contributed by atoms with Gasteiger partial charge >= 0.3 is 5.97 Å². The number of hydrogen-bond donors (Lipinski definition) is 0. The Kier molecular flexibility index (Phi) is 4.63. The molecular formula is C15H11Cl2FO2. The van der Waals surface area contributed by atoms with Crippen LogP contribution in [0.2, 0.25) is 10.0 Å². The van der Waals surface area contributed by atoms with Crippen molar-refractivity contribution in [1.82, 2.24) is 0 Å². The van der Waals surface area contributed by atoms with Crippen LogP contribution in [0.15, 0.2) is 36.4 Å². The zero-order valence-electron chi connectivity index (χ0n) is 10.6. The van der Waals surface area contributed by atoms with E-state index in [0.29, 0.717) is 21.2 Å². The summed E-state index contributed by atoms with van der Waals surface area (Å²) in [6.45, 7) is 1.91. The van der Waals surface area contributed by atoms with Gasteiger partial charge in [-0.25, -0.2) is 9.18 Å². The summed E-state index contributed by atoms with van der Waals surface area (Å²) in [5.41, 5.74) is 1.17. The molecule has 0 atom stereocenters. The Morgan fingerprint density at radius 1 is 1.20 bits per heavy atom. The van der Waals surface area contributed by atoms with Crippen molar-refractivity contribution >= 4 is 29.2 Å². The topological polar surface area (TPSA) is 26.3 Å². The molecule has 0 aliphatic carbocycles. The summed E-state index contributed by atoms with van der Waals surface area (Å²) in [7, 11) is 0. The van der Waals surface area contributed by atoms with Gasteiger partial charge in [0, 0.05) is 15.6 Å². The zero-order valence-corrected chi connectivity index (χ0v) is 12.1. The van der Waals surface area contributed by atoms with Crippen LogP contribution in [0.25, 0.3) is 11.1 Å². The predicted octanol–water partition coefficient (Wildman–Crippen LogP) is 4.98. The van der Waals surface area contributed by atoms with Crippen molar-refractivity contribution in [3.05, 3.63) is 57.8 Å². The number of carbonyl (C=O) groups is 1. The molecule has 0 saturated carbocycles. The molecule has 0 aromatic heterocycles. The molecule has 2 nitrogen and oxygen atoms in total. The Bertz CT molecular complexity index is 656. The molecule has 104 valence electrons. The number of benzene rings is 2. The van der Waals surface area contributed by atoms with Gasteiger partial charge in [0.1, 0.15) is 5.82 Å². The summed E-state index contributed by atoms with van der Waals surface area (Å²) in [5.74, 6) is -1.12. The van der Waals surface area contributed by atoms with E-state index in [1.807, 2.05) is 0 Å². The summed E-state index contributed by atoms with van der Waals surface area (Å²) in [5, 5.41) is 0.904. The normalized spacial score (nSPS) is 10.4. The number of esters is 1. The fourth-order valence-corrected chi connectivity index (χ4v) is 2.19. The van der Waals surface area contributed by atoms with E-state index >= 15 is 0 Å². The van der Waals surface area contributed by atoms with Crippen molar-refractivity contribution in [1.29, 1.82) is 0 Å². The molecule has 2 aromatic rings. The molecular weight excluding hydrogens is 302 g/mol. The molecule has 0 fully saturated rings. The van der Waals surface area contributed by atoms with Crippen LogP contribution in [0.3, 0.4) is 0 Å². The van der Waals surface area contributed by atoms with Gasteiger partial charge in [-0.3, -0.25) is 0 Å². The van der Waals surface area contributed by atoms with Crippen LogP contribution in [0.5, 0.6) is 0 Å². The highest BCUT2D eigenvalue weighted by molar-refractivity contribution is 6.35. The van der Waals surface area contributed by atoms with Gasteiger partial charge in [-0.05, 0) is 48.9 Å². The molecule has 0 aliphatic heterocycles. The van der Waals surface area contributed by atoms with E-state index in [-0.39, 0.29) is 12.2 Å². The van der Waals surface area contributed by atoms with Crippen molar-refractivity contribution in [2.45, 2.75) is 6.92 Å². The smallest absolute Gasteiger partial charge is 0.338 e. The second-order valence-corrected chi connectivity index (χ2v) is 4.92. The fraction of sp³-hybridized carbons (Fsp3) is 0.133. The van der Waals surface area contributed by atoms with Gasteiger partial charge in [0.15, 0.2) is 0 Å². The van der Waals surface area contributed by atoms with E-state index in [9.17, 15) is 9.18 Å². The fourth-order valence-electron chi connectivity index (χ4n) is 1.80. The van der Waals surface area contributed by atoms with Gasteiger partial charge in [0.2, 0.25) is 0 Å². The molecule has 0 radical (unpaired) electrons. The molecule has 5 heteroatoms. The van der Waals surface area contributed by atoms with Crippen molar-refractivity contribution in [3.63, 3.8) is 0 Å². The minimum Gasteiger partial charge on any atom is -0.462 e. The van der Waals surface area contributed by atoms with Gasteiger partial charge < -0.3 is 4.74 Å². The Labute approximate surface area is 126 Å². The molecule has 2 rings (SSSR count). The van der Waals surface area contributed by atoms with Crippen molar-refractivity contribution in [3.8, 4) is 11.1 Å². The van der Waals surface area contributed by atoms with Crippen LogP contribution in [-0.4, -0.2) is 12.6 Å². The van der Waals surface area contributed by atoms with Gasteiger partial charge in [-0.15, -0.1) is 0 Å². The first-order valence-corrected chi connectivity index (χ1v) is 6.70. The molecule has 0 heterocycles. The maximum atomic E-state index is 13.7. The molecule has 0 saturated heterocycles. The first-order chi connectivity index (χ1) is 9.51. The maximum Gasteiger partial charge on any atom is 0.338 e. The third-order valence-electron chi connectivity index (χ3n) is 2.65. The SMILES string of the molecule is CCOC(=O)c1cc(F)cc(-c2cc(Cl)ccc2Cl)c1. The van der Waals surface area contributed by atoms with E-state index in [4.69, 9.17) is 27.9 Å². The number of carbonyl (C=O) groups excluding carboxylic acids is 1. The highest BCUT2D eigenvalue weighted by atomic mass is 35.5. The second kappa shape index (κ2) is 6.25. The van der Waals surface area contributed by atoms with Gasteiger partial charge in [-0.2, -0.15) is 0 Å². The summed E-state index contributed by atoms with van der Waals surface area (Å²) in [6.07, 6.45) is 0. The zero-order chi connectivity index (χ0) is 14.7. The van der Waals surface area contributed by atoms with E-state index in [2.05, 4.69) is 0 Å². The van der Waals surface area contributed by atoms with Gasteiger partial charge in [0.05, 0.1) is 12.2 Å². The lowest BCUT2D eigenvalue weighted by Gasteiger charge is -2.08. The van der Waals surface area contributed by atoms with Crippen LogP contribution in [0, 0.1) is 5.82 Å². The summed E-state index contributed by atoms with van der Waals surface area (Å²) < 4.78 is 18.5. The average Bonchev–Trinajstić information content (AvgIpc) is 2.41. The highest BCUT2D eigenvalue weighted by Gasteiger charge is 2.12. The molecule has 0 bridgehead atoms.